The molecule has 1 saturated heterocycles. The summed E-state index contributed by atoms with van der Waals surface area (Å²) in [7, 11) is 0. The molecule has 1 aromatic heterocycles. The van der Waals surface area contributed by atoms with Crippen molar-refractivity contribution >= 4 is 23.4 Å². The van der Waals surface area contributed by atoms with Crippen LogP contribution in [-0.2, 0) is 9.59 Å². The fraction of sp³-hybridized carbons (Fsp3) is 0.231. The highest BCUT2D eigenvalue weighted by Gasteiger charge is 2.29. The summed E-state index contributed by atoms with van der Waals surface area (Å²) in [6.07, 6.45) is 2.43. The molecule has 1 aromatic carbocycles. The van der Waals surface area contributed by atoms with Crippen LogP contribution in [0.2, 0.25) is 5.02 Å². The lowest BCUT2D eigenvalue weighted by Crippen LogP contribution is -2.41. The van der Waals surface area contributed by atoms with Crippen LogP contribution in [0.4, 0.5) is 0 Å². The van der Waals surface area contributed by atoms with Gasteiger partial charge in [-0.3, -0.25) is 14.9 Å². The minimum atomic E-state index is -0.492. The number of carbonyl (C=O) groups is 2. The Morgan fingerprint density at radius 2 is 2.20 bits per heavy atom. The SMILES string of the molecule is O=C1CCC(n2cc(-c3cccc(Cl)c3)nn2)C(=O)N1. The van der Waals surface area contributed by atoms with E-state index in [0.717, 1.165) is 5.56 Å². The summed E-state index contributed by atoms with van der Waals surface area (Å²) in [4.78, 5) is 22.9. The Labute approximate surface area is 119 Å². The molecule has 6 nitrogen and oxygen atoms in total. The first kappa shape index (κ1) is 12.8. The van der Waals surface area contributed by atoms with Crippen molar-refractivity contribution in [3.63, 3.8) is 0 Å². The second kappa shape index (κ2) is 5.05. The Morgan fingerprint density at radius 3 is 2.95 bits per heavy atom. The molecular formula is C13H11ClN4O2. The van der Waals surface area contributed by atoms with Crippen molar-refractivity contribution in [1.82, 2.24) is 20.3 Å². The quantitative estimate of drug-likeness (QED) is 0.852. The van der Waals surface area contributed by atoms with Crippen molar-refractivity contribution in [2.45, 2.75) is 18.9 Å². The van der Waals surface area contributed by atoms with E-state index in [4.69, 9.17) is 11.6 Å². The molecule has 1 aliphatic heterocycles. The van der Waals surface area contributed by atoms with Crippen LogP contribution in [0.3, 0.4) is 0 Å². The summed E-state index contributed by atoms with van der Waals surface area (Å²) in [6, 6.07) is 6.75. The van der Waals surface area contributed by atoms with E-state index in [1.165, 1.54) is 4.68 Å². The number of nitrogens with one attached hydrogen (secondary N) is 1. The summed E-state index contributed by atoms with van der Waals surface area (Å²) in [5.41, 5.74) is 1.47. The summed E-state index contributed by atoms with van der Waals surface area (Å²) < 4.78 is 1.48. The van der Waals surface area contributed by atoms with E-state index >= 15 is 0 Å². The summed E-state index contributed by atoms with van der Waals surface area (Å²) in [6.45, 7) is 0. The highest BCUT2D eigenvalue weighted by molar-refractivity contribution is 6.30. The van der Waals surface area contributed by atoms with Crippen LogP contribution >= 0.6 is 11.6 Å². The maximum Gasteiger partial charge on any atom is 0.251 e. The van der Waals surface area contributed by atoms with E-state index in [9.17, 15) is 9.59 Å². The number of carbonyl (C=O) groups excluding carboxylic acids is 2. The van der Waals surface area contributed by atoms with E-state index in [0.29, 0.717) is 23.6 Å². The number of hydrogen-bond donors (Lipinski definition) is 1. The molecule has 0 spiro atoms. The average Bonchev–Trinajstić information content (AvgIpc) is 2.88. The number of amides is 2. The van der Waals surface area contributed by atoms with E-state index in [1.54, 1.807) is 18.3 Å². The average molecular weight is 291 g/mol. The molecule has 7 heteroatoms. The smallest absolute Gasteiger partial charge is 0.251 e. The molecule has 1 aliphatic rings. The maximum absolute atomic E-state index is 11.8. The third kappa shape index (κ3) is 2.42. The maximum atomic E-state index is 11.8. The second-order valence-electron chi connectivity index (χ2n) is 4.56. The number of nitrogens with zero attached hydrogens (tertiary/aromatic N) is 3. The first-order chi connectivity index (χ1) is 9.63. The van der Waals surface area contributed by atoms with Gasteiger partial charge < -0.3 is 0 Å². The Kier molecular flexibility index (Phi) is 3.23. The van der Waals surface area contributed by atoms with E-state index < -0.39 is 6.04 Å². The van der Waals surface area contributed by atoms with E-state index in [1.807, 2.05) is 12.1 Å². The standard InChI is InChI=1S/C13H11ClN4O2/c14-9-3-1-2-8(6-9)10-7-18(17-16-10)11-4-5-12(19)15-13(11)20/h1-3,6-7,11H,4-5H2,(H,15,19,20). The lowest BCUT2D eigenvalue weighted by molar-refractivity contribution is -0.136. The molecule has 3 rings (SSSR count). The fourth-order valence-corrected chi connectivity index (χ4v) is 2.33. The Balaban J connectivity index is 1.87. The van der Waals surface area contributed by atoms with Crippen LogP contribution in [0.1, 0.15) is 18.9 Å². The molecule has 0 aliphatic carbocycles. The van der Waals surface area contributed by atoms with Crippen molar-refractivity contribution in [2.75, 3.05) is 0 Å². The normalized spacial score (nSPS) is 18.9. The minimum Gasteiger partial charge on any atom is -0.295 e. The van der Waals surface area contributed by atoms with Gasteiger partial charge in [0.15, 0.2) is 0 Å². The predicted octanol–water partition coefficient (Wildman–Crippen LogP) is 1.58. The van der Waals surface area contributed by atoms with Gasteiger partial charge in [0.1, 0.15) is 11.7 Å². The van der Waals surface area contributed by atoms with Gasteiger partial charge in [-0.1, -0.05) is 28.9 Å². The number of imide groups is 1. The molecule has 1 fully saturated rings. The molecular weight excluding hydrogens is 280 g/mol. The van der Waals surface area contributed by atoms with Crippen LogP contribution in [0.15, 0.2) is 30.5 Å². The van der Waals surface area contributed by atoms with Crippen molar-refractivity contribution in [3.8, 4) is 11.3 Å². The summed E-state index contributed by atoms with van der Waals surface area (Å²) >= 11 is 5.93. The molecule has 102 valence electrons. The fourth-order valence-electron chi connectivity index (χ4n) is 2.14. The number of halogens is 1. The van der Waals surface area contributed by atoms with Crippen LogP contribution in [0.25, 0.3) is 11.3 Å². The van der Waals surface area contributed by atoms with Gasteiger partial charge >= 0.3 is 0 Å². The van der Waals surface area contributed by atoms with Crippen molar-refractivity contribution in [3.05, 3.63) is 35.5 Å². The highest BCUT2D eigenvalue weighted by atomic mass is 35.5. The Morgan fingerprint density at radius 1 is 1.35 bits per heavy atom. The van der Waals surface area contributed by atoms with Crippen LogP contribution in [0, 0.1) is 0 Å². The molecule has 1 atom stereocenters. The second-order valence-corrected chi connectivity index (χ2v) is 5.00. The van der Waals surface area contributed by atoms with Gasteiger partial charge in [-0.05, 0) is 18.6 Å². The molecule has 2 amide bonds. The van der Waals surface area contributed by atoms with Gasteiger partial charge in [0.25, 0.3) is 5.91 Å². The van der Waals surface area contributed by atoms with Gasteiger partial charge in [-0.2, -0.15) is 0 Å². The van der Waals surface area contributed by atoms with Gasteiger partial charge in [0.2, 0.25) is 5.91 Å². The third-order valence-electron chi connectivity index (χ3n) is 3.16. The molecule has 2 heterocycles. The minimum absolute atomic E-state index is 0.249. The highest BCUT2D eigenvalue weighted by Crippen LogP contribution is 2.23. The third-order valence-corrected chi connectivity index (χ3v) is 3.40. The molecule has 1 unspecified atom stereocenters. The predicted molar refractivity (Wildman–Crippen MR) is 71.9 cm³/mol. The van der Waals surface area contributed by atoms with Gasteiger partial charge in [0.05, 0.1) is 6.20 Å². The van der Waals surface area contributed by atoms with Gasteiger partial charge in [-0.25, -0.2) is 4.68 Å². The number of benzene rings is 1. The molecule has 0 bridgehead atoms. The van der Waals surface area contributed by atoms with Crippen LogP contribution in [0.5, 0.6) is 0 Å². The van der Waals surface area contributed by atoms with Gasteiger partial charge in [-0.15, -0.1) is 5.10 Å². The van der Waals surface area contributed by atoms with Gasteiger partial charge in [0, 0.05) is 17.0 Å². The monoisotopic (exact) mass is 290 g/mol. The van der Waals surface area contributed by atoms with Crippen molar-refractivity contribution in [1.29, 1.82) is 0 Å². The first-order valence-electron chi connectivity index (χ1n) is 6.15. The lowest BCUT2D eigenvalue weighted by Gasteiger charge is -2.20. The van der Waals surface area contributed by atoms with E-state index in [2.05, 4.69) is 15.6 Å². The number of hydrogen-bond acceptors (Lipinski definition) is 4. The number of piperidine rings is 1. The lowest BCUT2D eigenvalue weighted by atomic mass is 10.1. The number of rotatable bonds is 2. The van der Waals surface area contributed by atoms with Crippen LogP contribution < -0.4 is 5.32 Å². The van der Waals surface area contributed by atoms with Crippen molar-refractivity contribution in [2.24, 2.45) is 0 Å². The van der Waals surface area contributed by atoms with Crippen molar-refractivity contribution < 1.29 is 9.59 Å². The zero-order valence-electron chi connectivity index (χ0n) is 10.4. The largest absolute Gasteiger partial charge is 0.295 e. The van der Waals surface area contributed by atoms with Crippen LogP contribution in [-0.4, -0.2) is 26.8 Å². The molecule has 0 radical (unpaired) electrons. The zero-order chi connectivity index (χ0) is 14.1. The molecule has 2 aromatic rings. The number of aromatic nitrogens is 3. The Hall–Kier alpha value is -2.21. The first-order valence-corrected chi connectivity index (χ1v) is 6.53. The summed E-state index contributed by atoms with van der Waals surface area (Å²) in [5, 5.41) is 10.9. The van der Waals surface area contributed by atoms with E-state index in [-0.39, 0.29) is 11.8 Å². The Bertz CT molecular complexity index is 683. The summed E-state index contributed by atoms with van der Waals surface area (Å²) in [5.74, 6) is -0.592. The molecule has 1 N–H and O–H groups in total. The molecule has 0 saturated carbocycles. The molecule has 20 heavy (non-hydrogen) atoms. The topological polar surface area (TPSA) is 76.9 Å². The zero-order valence-corrected chi connectivity index (χ0v) is 11.2.